The summed E-state index contributed by atoms with van der Waals surface area (Å²) in [6, 6.07) is 4.08. The molecule has 18 heavy (non-hydrogen) atoms. The molecule has 2 nitrogen and oxygen atoms in total. The van der Waals surface area contributed by atoms with Crippen molar-refractivity contribution in [3.8, 4) is 5.75 Å². The fourth-order valence-electron chi connectivity index (χ4n) is 1.60. The number of halogens is 3. The molecule has 0 unspecified atom stereocenters. The van der Waals surface area contributed by atoms with Gasteiger partial charge in [0.15, 0.2) is 0 Å². The van der Waals surface area contributed by atoms with Gasteiger partial charge in [0.05, 0.1) is 0 Å². The van der Waals surface area contributed by atoms with Crippen LogP contribution in [-0.2, 0) is 6.54 Å². The Morgan fingerprint density at radius 3 is 2.56 bits per heavy atom. The van der Waals surface area contributed by atoms with Gasteiger partial charge >= 0.3 is 0 Å². The van der Waals surface area contributed by atoms with Crippen molar-refractivity contribution in [3.63, 3.8) is 0 Å². The second-order valence-electron chi connectivity index (χ2n) is 4.45. The third-order valence-corrected chi connectivity index (χ3v) is 2.83. The second kappa shape index (κ2) is 7.04. The predicted octanol–water partition coefficient (Wildman–Crippen LogP) is 3.90. The van der Waals surface area contributed by atoms with Gasteiger partial charge in [-0.15, -0.1) is 0 Å². The third-order valence-electron chi connectivity index (χ3n) is 2.37. The molecule has 1 N–H and O–H groups in total. The first-order valence-electron chi connectivity index (χ1n) is 5.83. The molecule has 0 heterocycles. The summed E-state index contributed by atoms with van der Waals surface area (Å²) in [6.45, 7) is 5.94. The zero-order valence-electron chi connectivity index (χ0n) is 10.8. The summed E-state index contributed by atoms with van der Waals surface area (Å²) in [4.78, 5) is 0. The highest BCUT2D eigenvalue weighted by Gasteiger charge is 2.12. The van der Waals surface area contributed by atoms with Crippen LogP contribution in [0.2, 0.25) is 0 Å². The number of ether oxygens (including phenoxy) is 1. The summed E-state index contributed by atoms with van der Waals surface area (Å²) in [6.07, 6.45) is -2.46. The lowest BCUT2D eigenvalue weighted by Crippen LogP contribution is -2.22. The molecule has 0 saturated heterocycles. The quantitative estimate of drug-likeness (QED) is 0.858. The van der Waals surface area contributed by atoms with Gasteiger partial charge in [-0.25, -0.2) is 8.78 Å². The predicted molar refractivity (Wildman–Crippen MR) is 72.4 cm³/mol. The van der Waals surface area contributed by atoms with E-state index in [-0.39, 0.29) is 0 Å². The van der Waals surface area contributed by atoms with Gasteiger partial charge in [0.2, 0.25) is 0 Å². The van der Waals surface area contributed by atoms with Crippen molar-refractivity contribution in [2.24, 2.45) is 0 Å². The Labute approximate surface area is 115 Å². The van der Waals surface area contributed by atoms with Crippen molar-refractivity contribution < 1.29 is 13.5 Å². The molecule has 0 aliphatic rings. The maximum atomic E-state index is 12.2. The number of hydrogen-bond donors (Lipinski definition) is 1. The maximum Gasteiger partial charge on any atom is 0.272 e. The molecule has 1 aromatic carbocycles. The largest absolute Gasteiger partial charge is 0.487 e. The molecular formula is C13H18BrF2NO. The average molecular weight is 322 g/mol. The molecule has 1 aromatic rings. The molecule has 0 aliphatic heterocycles. The van der Waals surface area contributed by atoms with Crippen LogP contribution in [0, 0.1) is 6.92 Å². The van der Waals surface area contributed by atoms with Crippen molar-refractivity contribution in [3.05, 3.63) is 27.7 Å². The molecule has 0 bridgehead atoms. The summed E-state index contributed by atoms with van der Waals surface area (Å²) in [5.74, 6) is 0.548. The Hall–Kier alpha value is -0.680. The zero-order valence-corrected chi connectivity index (χ0v) is 12.4. The normalized spacial score (nSPS) is 11.3. The van der Waals surface area contributed by atoms with Crippen LogP contribution in [0.3, 0.4) is 0 Å². The second-order valence-corrected chi connectivity index (χ2v) is 5.36. The Bertz CT molecular complexity index is 397. The monoisotopic (exact) mass is 321 g/mol. The van der Waals surface area contributed by atoms with Crippen molar-refractivity contribution >= 4 is 15.9 Å². The third kappa shape index (κ3) is 4.90. The van der Waals surface area contributed by atoms with E-state index < -0.39 is 13.0 Å². The summed E-state index contributed by atoms with van der Waals surface area (Å²) < 4.78 is 30.6. The lowest BCUT2D eigenvalue weighted by Gasteiger charge is -2.16. The minimum atomic E-state index is -2.46. The molecule has 0 spiro atoms. The van der Waals surface area contributed by atoms with E-state index in [9.17, 15) is 8.78 Å². The molecular weight excluding hydrogens is 304 g/mol. The van der Waals surface area contributed by atoms with E-state index >= 15 is 0 Å². The fraction of sp³-hybridized carbons (Fsp3) is 0.538. The molecule has 102 valence electrons. The number of hydrogen-bond acceptors (Lipinski definition) is 2. The molecule has 0 fully saturated rings. The number of aryl methyl sites for hydroxylation is 1. The van der Waals surface area contributed by atoms with E-state index in [1.807, 2.05) is 32.9 Å². The Kier molecular flexibility index (Phi) is 6.02. The molecule has 5 heteroatoms. The molecule has 0 aliphatic carbocycles. The summed E-state index contributed by atoms with van der Waals surface area (Å²) >= 11 is 3.40. The topological polar surface area (TPSA) is 21.3 Å². The Morgan fingerprint density at radius 1 is 1.33 bits per heavy atom. The standard InChI is InChI=1S/C13H18BrF2NO/c1-8(2)17-6-10-5-11(14)4-9(3)13(10)18-7-12(15)16/h4-5,8,12,17H,6-7H2,1-3H3. The number of nitrogens with one attached hydrogen (secondary N) is 1. The SMILES string of the molecule is Cc1cc(Br)cc(CNC(C)C)c1OCC(F)F. The van der Waals surface area contributed by atoms with Crippen LogP contribution in [0.25, 0.3) is 0 Å². The van der Waals surface area contributed by atoms with E-state index in [0.717, 1.165) is 15.6 Å². The van der Waals surface area contributed by atoms with Gasteiger partial charge in [-0.1, -0.05) is 29.8 Å². The van der Waals surface area contributed by atoms with Crippen LogP contribution in [0.1, 0.15) is 25.0 Å². The van der Waals surface area contributed by atoms with Gasteiger partial charge in [-0.2, -0.15) is 0 Å². The first-order chi connectivity index (χ1) is 8.40. The highest BCUT2D eigenvalue weighted by molar-refractivity contribution is 9.10. The van der Waals surface area contributed by atoms with Gasteiger partial charge in [-0.3, -0.25) is 0 Å². The minimum Gasteiger partial charge on any atom is -0.487 e. The van der Waals surface area contributed by atoms with E-state index in [1.165, 1.54) is 0 Å². The van der Waals surface area contributed by atoms with E-state index in [1.54, 1.807) is 0 Å². The summed E-state index contributed by atoms with van der Waals surface area (Å²) in [7, 11) is 0. The molecule has 0 atom stereocenters. The number of benzene rings is 1. The highest BCUT2D eigenvalue weighted by Crippen LogP contribution is 2.28. The Balaban J connectivity index is 2.89. The maximum absolute atomic E-state index is 12.2. The fourth-order valence-corrected chi connectivity index (χ4v) is 2.22. The first kappa shape index (κ1) is 15.4. The van der Waals surface area contributed by atoms with Crippen LogP contribution in [0.4, 0.5) is 8.78 Å². The smallest absolute Gasteiger partial charge is 0.272 e. The highest BCUT2D eigenvalue weighted by atomic mass is 79.9. The number of rotatable bonds is 6. The molecule has 0 saturated carbocycles. The Morgan fingerprint density at radius 2 is 2.00 bits per heavy atom. The van der Waals surface area contributed by atoms with E-state index in [4.69, 9.17) is 4.74 Å². The summed E-state index contributed by atoms with van der Waals surface area (Å²) in [5, 5.41) is 3.26. The van der Waals surface area contributed by atoms with E-state index in [0.29, 0.717) is 18.3 Å². The van der Waals surface area contributed by atoms with Gasteiger partial charge in [-0.05, 0) is 24.6 Å². The van der Waals surface area contributed by atoms with Crippen molar-refractivity contribution in [2.45, 2.75) is 39.8 Å². The molecule has 0 aromatic heterocycles. The molecule has 1 rings (SSSR count). The van der Waals surface area contributed by atoms with E-state index in [2.05, 4.69) is 21.2 Å². The number of alkyl halides is 2. The van der Waals surface area contributed by atoms with Crippen molar-refractivity contribution in [1.82, 2.24) is 5.32 Å². The van der Waals surface area contributed by atoms with Crippen molar-refractivity contribution in [2.75, 3.05) is 6.61 Å². The van der Waals surface area contributed by atoms with Gasteiger partial charge in [0.25, 0.3) is 6.43 Å². The zero-order chi connectivity index (χ0) is 13.7. The van der Waals surface area contributed by atoms with Crippen LogP contribution in [-0.4, -0.2) is 19.1 Å². The van der Waals surface area contributed by atoms with Gasteiger partial charge in [0.1, 0.15) is 12.4 Å². The minimum absolute atomic E-state index is 0.326. The van der Waals surface area contributed by atoms with Gasteiger partial charge < -0.3 is 10.1 Å². The van der Waals surface area contributed by atoms with Crippen LogP contribution in [0.5, 0.6) is 5.75 Å². The lowest BCUT2D eigenvalue weighted by molar-refractivity contribution is 0.0810. The molecule has 0 radical (unpaired) electrons. The van der Waals surface area contributed by atoms with Crippen LogP contribution < -0.4 is 10.1 Å². The summed E-state index contributed by atoms with van der Waals surface area (Å²) in [5.41, 5.74) is 1.74. The van der Waals surface area contributed by atoms with Crippen molar-refractivity contribution in [1.29, 1.82) is 0 Å². The van der Waals surface area contributed by atoms with Crippen LogP contribution >= 0.6 is 15.9 Å². The average Bonchev–Trinajstić information content (AvgIpc) is 2.24. The molecule has 0 amide bonds. The first-order valence-corrected chi connectivity index (χ1v) is 6.62. The van der Waals surface area contributed by atoms with Crippen LogP contribution in [0.15, 0.2) is 16.6 Å². The van der Waals surface area contributed by atoms with Gasteiger partial charge in [0, 0.05) is 22.6 Å². The lowest BCUT2D eigenvalue weighted by atomic mass is 10.1.